The van der Waals surface area contributed by atoms with Gasteiger partial charge in [-0.25, -0.2) is 0 Å². The molecule has 0 aliphatic heterocycles. The molecule has 2 aromatic carbocycles. The SMILES string of the molecule is CCCCOc1ccc(/C=N\n2cnnc2SCc2ccc(C)cc2)cc1OC. The Morgan fingerprint density at radius 1 is 1.14 bits per heavy atom. The van der Waals surface area contributed by atoms with Gasteiger partial charge in [0.15, 0.2) is 11.5 Å². The van der Waals surface area contributed by atoms with Crippen LogP contribution in [0, 0.1) is 6.92 Å². The van der Waals surface area contributed by atoms with E-state index in [2.05, 4.69) is 53.4 Å². The lowest BCUT2D eigenvalue weighted by Crippen LogP contribution is -1.99. The van der Waals surface area contributed by atoms with Crippen LogP contribution in [0.1, 0.15) is 36.5 Å². The second kappa shape index (κ2) is 10.7. The molecule has 0 fully saturated rings. The lowest BCUT2D eigenvalue weighted by molar-refractivity contribution is 0.288. The first kappa shape index (κ1) is 20.9. The van der Waals surface area contributed by atoms with Gasteiger partial charge in [-0.1, -0.05) is 54.9 Å². The van der Waals surface area contributed by atoms with E-state index in [-0.39, 0.29) is 0 Å². The third kappa shape index (κ3) is 6.09. The van der Waals surface area contributed by atoms with Crippen molar-refractivity contribution in [2.75, 3.05) is 13.7 Å². The average Bonchev–Trinajstić information content (AvgIpc) is 3.20. The summed E-state index contributed by atoms with van der Waals surface area (Å²) in [5.41, 5.74) is 3.40. The van der Waals surface area contributed by atoms with Crippen molar-refractivity contribution in [1.82, 2.24) is 14.9 Å². The summed E-state index contributed by atoms with van der Waals surface area (Å²) in [6.45, 7) is 4.90. The summed E-state index contributed by atoms with van der Waals surface area (Å²) < 4.78 is 12.9. The molecule has 0 unspecified atom stereocenters. The molecule has 3 rings (SSSR count). The van der Waals surface area contributed by atoms with Gasteiger partial charge in [0.25, 0.3) is 0 Å². The molecule has 1 heterocycles. The molecule has 7 heteroatoms. The summed E-state index contributed by atoms with van der Waals surface area (Å²) in [4.78, 5) is 0. The number of nitrogens with zero attached hydrogens (tertiary/aromatic N) is 4. The number of benzene rings is 2. The zero-order valence-corrected chi connectivity index (χ0v) is 17.9. The molecule has 0 atom stereocenters. The van der Waals surface area contributed by atoms with Gasteiger partial charge in [-0.15, -0.1) is 10.2 Å². The quantitative estimate of drug-likeness (QED) is 0.269. The van der Waals surface area contributed by atoms with E-state index in [9.17, 15) is 0 Å². The summed E-state index contributed by atoms with van der Waals surface area (Å²) in [7, 11) is 1.64. The highest BCUT2D eigenvalue weighted by Gasteiger charge is 2.07. The predicted molar refractivity (Wildman–Crippen MR) is 117 cm³/mol. The van der Waals surface area contributed by atoms with E-state index < -0.39 is 0 Å². The molecule has 0 saturated heterocycles. The first-order valence-electron chi connectivity index (χ1n) is 9.63. The van der Waals surface area contributed by atoms with Crippen LogP contribution >= 0.6 is 11.8 Å². The van der Waals surface area contributed by atoms with Gasteiger partial charge < -0.3 is 9.47 Å². The minimum absolute atomic E-state index is 0.683. The molecule has 0 aliphatic rings. The number of hydrogen-bond acceptors (Lipinski definition) is 6. The summed E-state index contributed by atoms with van der Waals surface area (Å²) in [5, 5.41) is 13.4. The van der Waals surface area contributed by atoms with Gasteiger partial charge in [-0.2, -0.15) is 9.78 Å². The maximum Gasteiger partial charge on any atom is 0.212 e. The molecule has 0 bridgehead atoms. The zero-order chi connectivity index (χ0) is 20.5. The summed E-state index contributed by atoms with van der Waals surface area (Å²) >= 11 is 1.60. The summed E-state index contributed by atoms with van der Waals surface area (Å²) in [6.07, 6.45) is 5.48. The maximum atomic E-state index is 5.78. The fraction of sp³-hybridized carbons (Fsp3) is 0.318. The molecule has 0 spiro atoms. The van der Waals surface area contributed by atoms with Crippen molar-refractivity contribution in [3.63, 3.8) is 0 Å². The largest absolute Gasteiger partial charge is 0.493 e. The van der Waals surface area contributed by atoms with E-state index in [1.807, 2.05) is 18.2 Å². The summed E-state index contributed by atoms with van der Waals surface area (Å²) in [5.74, 6) is 2.26. The molecule has 6 nitrogen and oxygen atoms in total. The van der Waals surface area contributed by atoms with Gasteiger partial charge in [-0.05, 0) is 42.7 Å². The van der Waals surface area contributed by atoms with Crippen LogP contribution in [0.2, 0.25) is 0 Å². The first-order valence-corrected chi connectivity index (χ1v) is 10.6. The Hall–Kier alpha value is -2.80. The molecular formula is C22H26N4O2S. The maximum absolute atomic E-state index is 5.78. The van der Waals surface area contributed by atoms with E-state index in [1.54, 1.807) is 36.1 Å². The number of aryl methyl sites for hydroxylation is 1. The molecule has 29 heavy (non-hydrogen) atoms. The van der Waals surface area contributed by atoms with E-state index in [0.717, 1.165) is 35.1 Å². The van der Waals surface area contributed by atoms with Gasteiger partial charge in [0.2, 0.25) is 5.16 Å². The zero-order valence-electron chi connectivity index (χ0n) is 17.0. The number of hydrogen-bond donors (Lipinski definition) is 0. The van der Waals surface area contributed by atoms with E-state index >= 15 is 0 Å². The van der Waals surface area contributed by atoms with Crippen LogP contribution in [0.5, 0.6) is 11.5 Å². The Kier molecular flexibility index (Phi) is 7.69. The molecule has 0 amide bonds. The van der Waals surface area contributed by atoms with Gasteiger partial charge in [0.1, 0.15) is 6.33 Å². The lowest BCUT2D eigenvalue weighted by atomic mass is 10.2. The standard InChI is InChI=1S/C22H26N4O2S/c1-4-5-12-28-20-11-10-19(13-21(20)27-3)14-24-26-16-23-25-22(26)29-15-18-8-6-17(2)7-9-18/h6-11,13-14,16H,4-5,12,15H2,1-3H3/b24-14-. The number of rotatable bonds is 10. The molecule has 0 N–H and O–H groups in total. The van der Waals surface area contributed by atoms with Crippen LogP contribution in [0.3, 0.4) is 0 Å². The molecule has 0 aliphatic carbocycles. The first-order chi connectivity index (χ1) is 14.2. The second-order valence-corrected chi connectivity index (χ2v) is 7.53. The molecule has 152 valence electrons. The van der Waals surface area contributed by atoms with E-state index in [1.165, 1.54) is 11.1 Å². The topological polar surface area (TPSA) is 61.5 Å². The van der Waals surface area contributed by atoms with Crippen molar-refractivity contribution in [1.29, 1.82) is 0 Å². The van der Waals surface area contributed by atoms with Crippen molar-refractivity contribution in [2.45, 2.75) is 37.6 Å². The third-order valence-electron chi connectivity index (χ3n) is 4.26. The highest BCUT2D eigenvalue weighted by Crippen LogP contribution is 2.28. The van der Waals surface area contributed by atoms with Gasteiger partial charge in [0.05, 0.1) is 19.9 Å². The van der Waals surface area contributed by atoms with Gasteiger partial charge in [0, 0.05) is 5.75 Å². The second-order valence-electron chi connectivity index (χ2n) is 6.59. The fourth-order valence-electron chi connectivity index (χ4n) is 2.56. The van der Waals surface area contributed by atoms with E-state index in [4.69, 9.17) is 9.47 Å². The number of ether oxygens (including phenoxy) is 2. The van der Waals surface area contributed by atoms with Crippen LogP contribution in [0.15, 0.2) is 59.0 Å². The number of aromatic nitrogens is 3. The van der Waals surface area contributed by atoms with Crippen LogP contribution in [0.25, 0.3) is 0 Å². The third-order valence-corrected chi connectivity index (χ3v) is 5.27. The predicted octanol–water partition coefficient (Wildman–Crippen LogP) is 4.95. The van der Waals surface area contributed by atoms with Crippen molar-refractivity contribution in [2.24, 2.45) is 5.10 Å². The minimum atomic E-state index is 0.683. The Balaban J connectivity index is 1.65. The molecule has 3 aromatic rings. The fourth-order valence-corrected chi connectivity index (χ4v) is 3.38. The monoisotopic (exact) mass is 410 g/mol. The normalized spacial score (nSPS) is 11.1. The Morgan fingerprint density at radius 2 is 1.97 bits per heavy atom. The number of methoxy groups -OCH3 is 1. The minimum Gasteiger partial charge on any atom is -0.493 e. The Bertz CT molecular complexity index is 938. The highest BCUT2D eigenvalue weighted by molar-refractivity contribution is 7.98. The summed E-state index contributed by atoms with van der Waals surface area (Å²) in [6, 6.07) is 14.3. The van der Waals surface area contributed by atoms with Crippen molar-refractivity contribution in [3.05, 3.63) is 65.5 Å². The number of unbranched alkanes of at least 4 members (excludes halogenated alkanes) is 1. The molecular weight excluding hydrogens is 384 g/mol. The molecule has 0 saturated carbocycles. The van der Waals surface area contributed by atoms with Crippen molar-refractivity contribution < 1.29 is 9.47 Å². The highest BCUT2D eigenvalue weighted by atomic mass is 32.2. The smallest absolute Gasteiger partial charge is 0.212 e. The van der Waals surface area contributed by atoms with Crippen molar-refractivity contribution >= 4 is 18.0 Å². The van der Waals surface area contributed by atoms with Crippen LogP contribution < -0.4 is 9.47 Å². The van der Waals surface area contributed by atoms with Crippen LogP contribution in [-0.2, 0) is 5.75 Å². The molecule has 1 aromatic heterocycles. The molecule has 0 radical (unpaired) electrons. The van der Waals surface area contributed by atoms with Gasteiger partial charge in [-0.3, -0.25) is 0 Å². The Labute approximate surface area is 176 Å². The van der Waals surface area contributed by atoms with Gasteiger partial charge >= 0.3 is 0 Å². The van der Waals surface area contributed by atoms with E-state index in [0.29, 0.717) is 12.4 Å². The van der Waals surface area contributed by atoms with Crippen molar-refractivity contribution in [3.8, 4) is 11.5 Å². The van der Waals surface area contributed by atoms with Crippen LogP contribution in [-0.4, -0.2) is 34.8 Å². The number of thioether (sulfide) groups is 1. The Morgan fingerprint density at radius 3 is 2.72 bits per heavy atom. The van der Waals surface area contributed by atoms with Crippen LogP contribution in [0.4, 0.5) is 0 Å². The average molecular weight is 411 g/mol. The lowest BCUT2D eigenvalue weighted by Gasteiger charge is -2.10.